The Morgan fingerprint density at radius 3 is 2.31 bits per heavy atom. The fraction of sp³-hybridized carbons (Fsp3) is 0.407. The smallest absolute Gasteiger partial charge is 0.295 e. The molecule has 0 aromatic heterocycles. The van der Waals surface area contributed by atoms with Crippen LogP contribution < -0.4 is 14.2 Å². The maximum Gasteiger partial charge on any atom is 0.295 e. The fourth-order valence-corrected chi connectivity index (χ4v) is 4.12. The summed E-state index contributed by atoms with van der Waals surface area (Å²) in [5, 5.41) is 11.2. The number of Topliss-reactive ketones (excluding diaryl/α,β-unsaturated/α-hetero) is 1. The third kappa shape index (κ3) is 5.77. The number of ether oxygens (including phenoxy) is 3. The second kappa shape index (κ2) is 11.8. The van der Waals surface area contributed by atoms with Crippen LogP contribution in [0.4, 0.5) is 0 Å². The highest BCUT2D eigenvalue weighted by atomic mass is 16.5. The van der Waals surface area contributed by atoms with Gasteiger partial charge in [-0.3, -0.25) is 9.59 Å². The summed E-state index contributed by atoms with van der Waals surface area (Å²) in [4.78, 5) is 29.8. The molecule has 1 saturated heterocycles. The molecular formula is C27H34N2O6. The van der Waals surface area contributed by atoms with Crippen molar-refractivity contribution in [1.29, 1.82) is 0 Å². The van der Waals surface area contributed by atoms with Gasteiger partial charge in [-0.15, -0.1) is 0 Å². The monoisotopic (exact) mass is 482 g/mol. The predicted octanol–water partition coefficient (Wildman–Crippen LogP) is 3.87. The molecule has 2 aromatic rings. The van der Waals surface area contributed by atoms with Gasteiger partial charge in [-0.25, -0.2) is 0 Å². The molecule has 1 amide bonds. The summed E-state index contributed by atoms with van der Waals surface area (Å²) in [6.07, 6.45) is 1.55. The van der Waals surface area contributed by atoms with E-state index in [9.17, 15) is 14.7 Å². The van der Waals surface area contributed by atoms with Crippen LogP contribution >= 0.6 is 0 Å². The van der Waals surface area contributed by atoms with Crippen LogP contribution in [0.15, 0.2) is 48.0 Å². The molecule has 1 aliphatic rings. The van der Waals surface area contributed by atoms with Gasteiger partial charge in [0.2, 0.25) is 0 Å². The highest BCUT2D eigenvalue weighted by Gasteiger charge is 2.46. The highest BCUT2D eigenvalue weighted by Crippen LogP contribution is 2.42. The van der Waals surface area contributed by atoms with Crippen molar-refractivity contribution in [3.05, 3.63) is 59.2 Å². The van der Waals surface area contributed by atoms with E-state index < -0.39 is 17.7 Å². The van der Waals surface area contributed by atoms with Crippen molar-refractivity contribution in [1.82, 2.24) is 9.80 Å². The minimum absolute atomic E-state index is 0.0503. The molecule has 1 fully saturated rings. The van der Waals surface area contributed by atoms with Gasteiger partial charge in [-0.05, 0) is 75.4 Å². The lowest BCUT2D eigenvalue weighted by Crippen LogP contribution is -2.32. The topological polar surface area (TPSA) is 88.5 Å². The van der Waals surface area contributed by atoms with Gasteiger partial charge in [0, 0.05) is 12.1 Å². The van der Waals surface area contributed by atoms with Crippen molar-refractivity contribution in [3.63, 3.8) is 0 Å². The van der Waals surface area contributed by atoms with E-state index in [0.29, 0.717) is 47.9 Å². The van der Waals surface area contributed by atoms with Crippen LogP contribution in [0.1, 0.15) is 36.9 Å². The minimum Gasteiger partial charge on any atom is -0.507 e. The van der Waals surface area contributed by atoms with Gasteiger partial charge in [0.05, 0.1) is 32.4 Å². The number of benzene rings is 2. The standard InChI is InChI=1S/C27H34N2O6/c1-6-16-35-20-11-8-18(9-12-20)25(30)23-24(19-10-13-21(33-4)22(17-19)34-5)29(27(32)26(23)31)15-7-14-28(2)3/h8-13,17,24,30H,6-7,14-16H2,1-5H3/t24-/m1/s1. The zero-order valence-electron chi connectivity index (χ0n) is 21.0. The van der Waals surface area contributed by atoms with E-state index in [0.717, 1.165) is 13.0 Å². The number of aliphatic hydroxyl groups is 1. The first-order chi connectivity index (χ1) is 16.8. The quantitative estimate of drug-likeness (QED) is 0.296. The molecule has 1 atom stereocenters. The van der Waals surface area contributed by atoms with Crippen LogP contribution in [0.2, 0.25) is 0 Å². The molecule has 188 valence electrons. The Morgan fingerprint density at radius 1 is 1.03 bits per heavy atom. The van der Waals surface area contributed by atoms with Crippen molar-refractivity contribution in [3.8, 4) is 17.2 Å². The van der Waals surface area contributed by atoms with Crippen molar-refractivity contribution >= 4 is 17.4 Å². The molecule has 8 nitrogen and oxygen atoms in total. The Bertz CT molecular complexity index is 1080. The Morgan fingerprint density at radius 2 is 1.71 bits per heavy atom. The molecule has 35 heavy (non-hydrogen) atoms. The number of aliphatic hydroxyl groups excluding tert-OH is 1. The molecule has 2 aromatic carbocycles. The van der Waals surface area contributed by atoms with Gasteiger partial charge >= 0.3 is 0 Å². The molecule has 0 radical (unpaired) electrons. The normalized spacial score (nSPS) is 17.2. The second-order valence-corrected chi connectivity index (χ2v) is 8.64. The minimum atomic E-state index is -0.756. The Hall–Kier alpha value is -3.52. The molecule has 0 bridgehead atoms. The third-order valence-corrected chi connectivity index (χ3v) is 5.87. The van der Waals surface area contributed by atoms with Crippen molar-refractivity contribution < 1.29 is 28.9 Å². The average molecular weight is 483 g/mol. The summed E-state index contributed by atoms with van der Waals surface area (Å²) in [7, 11) is 6.97. The van der Waals surface area contributed by atoms with Crippen molar-refractivity contribution in [2.45, 2.75) is 25.8 Å². The van der Waals surface area contributed by atoms with Crippen LogP contribution in [0, 0.1) is 0 Å². The first-order valence-corrected chi connectivity index (χ1v) is 11.7. The number of rotatable bonds is 11. The maximum absolute atomic E-state index is 13.2. The zero-order chi connectivity index (χ0) is 25.5. The molecule has 1 aliphatic heterocycles. The number of methoxy groups -OCH3 is 2. The van der Waals surface area contributed by atoms with Gasteiger partial charge in [-0.2, -0.15) is 0 Å². The van der Waals surface area contributed by atoms with E-state index in [1.165, 1.54) is 12.0 Å². The largest absolute Gasteiger partial charge is 0.507 e. The van der Waals surface area contributed by atoms with E-state index in [-0.39, 0.29) is 11.3 Å². The number of amides is 1. The van der Waals surface area contributed by atoms with Crippen LogP contribution in [-0.4, -0.2) is 74.6 Å². The van der Waals surface area contributed by atoms with Crippen LogP contribution in [-0.2, 0) is 9.59 Å². The number of hydrogen-bond donors (Lipinski definition) is 1. The number of carbonyl (C=O) groups is 2. The molecule has 1 heterocycles. The summed E-state index contributed by atoms with van der Waals surface area (Å²) in [5.74, 6) is 0.112. The summed E-state index contributed by atoms with van der Waals surface area (Å²) in [6, 6.07) is 11.3. The highest BCUT2D eigenvalue weighted by molar-refractivity contribution is 6.46. The summed E-state index contributed by atoms with van der Waals surface area (Å²) in [6.45, 7) is 3.72. The van der Waals surface area contributed by atoms with E-state index >= 15 is 0 Å². The lowest BCUT2D eigenvalue weighted by Gasteiger charge is -2.26. The van der Waals surface area contributed by atoms with Crippen LogP contribution in [0.25, 0.3) is 5.76 Å². The van der Waals surface area contributed by atoms with E-state index in [1.54, 1.807) is 49.6 Å². The Balaban J connectivity index is 2.08. The number of nitrogens with zero attached hydrogens (tertiary/aromatic N) is 2. The fourth-order valence-electron chi connectivity index (χ4n) is 4.12. The molecule has 0 aliphatic carbocycles. The first-order valence-electron chi connectivity index (χ1n) is 11.7. The van der Waals surface area contributed by atoms with E-state index in [1.807, 2.05) is 25.9 Å². The SMILES string of the molecule is CCCOc1ccc(C(O)=C2C(=O)C(=O)N(CCCN(C)C)[C@@H]2c2ccc(OC)c(OC)c2)cc1. The van der Waals surface area contributed by atoms with Gasteiger partial charge in [0.25, 0.3) is 11.7 Å². The molecule has 3 rings (SSSR count). The van der Waals surface area contributed by atoms with Crippen molar-refractivity contribution in [2.75, 3.05) is 48.0 Å². The maximum atomic E-state index is 13.2. The van der Waals surface area contributed by atoms with Crippen LogP contribution in [0.5, 0.6) is 17.2 Å². The lowest BCUT2D eigenvalue weighted by molar-refractivity contribution is -0.139. The molecule has 0 saturated carbocycles. The van der Waals surface area contributed by atoms with Gasteiger partial charge in [-0.1, -0.05) is 13.0 Å². The zero-order valence-corrected chi connectivity index (χ0v) is 21.0. The van der Waals surface area contributed by atoms with Gasteiger partial charge in [0.1, 0.15) is 11.5 Å². The average Bonchev–Trinajstić information content (AvgIpc) is 3.11. The van der Waals surface area contributed by atoms with E-state index in [2.05, 4.69) is 0 Å². The Kier molecular flexibility index (Phi) is 8.76. The third-order valence-electron chi connectivity index (χ3n) is 5.87. The molecule has 0 spiro atoms. The van der Waals surface area contributed by atoms with Gasteiger partial charge < -0.3 is 29.1 Å². The van der Waals surface area contributed by atoms with Gasteiger partial charge in [0.15, 0.2) is 11.5 Å². The summed E-state index contributed by atoms with van der Waals surface area (Å²) in [5.41, 5.74) is 1.14. The lowest BCUT2D eigenvalue weighted by atomic mass is 9.95. The first kappa shape index (κ1) is 26.1. The number of ketones is 1. The second-order valence-electron chi connectivity index (χ2n) is 8.64. The number of hydrogen-bond acceptors (Lipinski definition) is 7. The summed E-state index contributed by atoms with van der Waals surface area (Å²) >= 11 is 0. The Labute approximate surface area is 206 Å². The molecule has 8 heteroatoms. The predicted molar refractivity (Wildman–Crippen MR) is 134 cm³/mol. The van der Waals surface area contributed by atoms with Crippen molar-refractivity contribution in [2.24, 2.45) is 0 Å². The molecular weight excluding hydrogens is 448 g/mol. The number of likely N-dealkylation sites (tertiary alicyclic amines) is 1. The summed E-state index contributed by atoms with van der Waals surface area (Å²) < 4.78 is 16.4. The number of carbonyl (C=O) groups excluding carboxylic acids is 2. The van der Waals surface area contributed by atoms with E-state index in [4.69, 9.17) is 14.2 Å². The molecule has 1 N–H and O–H groups in total. The van der Waals surface area contributed by atoms with Crippen LogP contribution in [0.3, 0.4) is 0 Å². The molecule has 0 unspecified atom stereocenters.